The van der Waals surface area contributed by atoms with Gasteiger partial charge in [-0.3, -0.25) is 9.69 Å². The Hall–Kier alpha value is -2.50. The van der Waals surface area contributed by atoms with E-state index in [2.05, 4.69) is 69.9 Å². The third-order valence-electron chi connectivity index (χ3n) is 5.04. The number of piperazine rings is 1. The molecule has 1 amide bonds. The van der Waals surface area contributed by atoms with E-state index in [0.29, 0.717) is 5.69 Å². The van der Waals surface area contributed by atoms with Gasteiger partial charge in [0.15, 0.2) is 0 Å². The van der Waals surface area contributed by atoms with Crippen LogP contribution in [0.2, 0.25) is 0 Å². The molecule has 2 heterocycles. The molecule has 1 aromatic heterocycles. The molecule has 1 aliphatic heterocycles. The number of nitrogens with zero attached hydrogens (tertiary/aromatic N) is 3. The van der Waals surface area contributed by atoms with Crippen LogP contribution >= 0.6 is 11.5 Å². The molecular weight excluding hydrogens is 354 g/mol. The van der Waals surface area contributed by atoms with Crippen molar-refractivity contribution < 1.29 is 4.79 Å². The molecule has 4 rings (SSSR count). The lowest BCUT2D eigenvalue weighted by Crippen LogP contribution is -2.49. The van der Waals surface area contributed by atoms with Gasteiger partial charge < -0.3 is 4.90 Å². The second-order valence-electron chi connectivity index (χ2n) is 6.87. The molecule has 1 saturated heterocycles. The van der Waals surface area contributed by atoms with Crippen LogP contribution in [0.4, 0.5) is 0 Å². The summed E-state index contributed by atoms with van der Waals surface area (Å²) in [5, 5.41) is 0. The molecule has 4 nitrogen and oxygen atoms in total. The van der Waals surface area contributed by atoms with Gasteiger partial charge in [0.25, 0.3) is 5.91 Å². The summed E-state index contributed by atoms with van der Waals surface area (Å²) >= 11 is 1.39. The number of rotatable bonds is 4. The highest BCUT2D eigenvalue weighted by atomic mass is 32.1. The molecule has 0 atom stereocenters. The van der Waals surface area contributed by atoms with E-state index in [-0.39, 0.29) is 11.9 Å². The molecule has 0 N–H and O–H groups in total. The van der Waals surface area contributed by atoms with Gasteiger partial charge in [0.05, 0.1) is 6.04 Å². The van der Waals surface area contributed by atoms with Crippen molar-refractivity contribution in [3.8, 4) is 0 Å². The van der Waals surface area contributed by atoms with Gasteiger partial charge in [0, 0.05) is 31.1 Å². The first kappa shape index (κ1) is 17.9. The maximum absolute atomic E-state index is 12.7. The maximum Gasteiger partial charge on any atom is 0.273 e. The summed E-state index contributed by atoms with van der Waals surface area (Å²) in [6.07, 6.45) is 0. The normalized spacial score (nSPS) is 15.3. The SMILES string of the molecule is Cc1cc(C(=O)N2CCN(C(c3ccccc3)c3ccccc3)CC2)ns1. The van der Waals surface area contributed by atoms with E-state index in [4.69, 9.17) is 0 Å². The largest absolute Gasteiger partial charge is 0.335 e. The van der Waals surface area contributed by atoms with Crippen molar-refractivity contribution in [3.05, 3.63) is 88.4 Å². The number of hydrogen-bond donors (Lipinski definition) is 0. The molecule has 0 unspecified atom stereocenters. The van der Waals surface area contributed by atoms with E-state index < -0.39 is 0 Å². The molecule has 0 spiro atoms. The zero-order valence-electron chi connectivity index (χ0n) is 15.4. The van der Waals surface area contributed by atoms with Crippen molar-refractivity contribution in [2.45, 2.75) is 13.0 Å². The molecule has 0 radical (unpaired) electrons. The standard InChI is InChI=1S/C22H23N3OS/c1-17-16-20(23-27-17)22(26)25-14-12-24(13-15-25)21(18-8-4-2-5-9-18)19-10-6-3-7-11-19/h2-11,16,21H,12-15H2,1H3. The number of aromatic nitrogens is 1. The van der Waals surface area contributed by atoms with Gasteiger partial charge in [-0.2, -0.15) is 4.37 Å². The molecule has 3 aromatic rings. The molecule has 1 fully saturated rings. The van der Waals surface area contributed by atoms with Crippen molar-refractivity contribution in [3.63, 3.8) is 0 Å². The monoisotopic (exact) mass is 377 g/mol. The van der Waals surface area contributed by atoms with Crippen LogP contribution in [-0.4, -0.2) is 46.3 Å². The first-order valence-corrected chi connectivity index (χ1v) is 10.1. The molecule has 1 aliphatic rings. The summed E-state index contributed by atoms with van der Waals surface area (Å²) in [7, 11) is 0. The quantitative estimate of drug-likeness (QED) is 0.690. The van der Waals surface area contributed by atoms with Gasteiger partial charge in [0.2, 0.25) is 0 Å². The van der Waals surface area contributed by atoms with Crippen LogP contribution in [0.25, 0.3) is 0 Å². The second kappa shape index (κ2) is 8.03. The molecule has 5 heteroatoms. The summed E-state index contributed by atoms with van der Waals surface area (Å²) < 4.78 is 4.28. The van der Waals surface area contributed by atoms with Crippen molar-refractivity contribution in [2.24, 2.45) is 0 Å². The number of carbonyl (C=O) groups excluding carboxylic acids is 1. The molecule has 2 aromatic carbocycles. The average Bonchev–Trinajstić information content (AvgIpc) is 3.16. The van der Waals surface area contributed by atoms with E-state index >= 15 is 0 Å². The minimum atomic E-state index is 0.0509. The van der Waals surface area contributed by atoms with Crippen LogP contribution < -0.4 is 0 Å². The fourth-order valence-corrected chi connectivity index (χ4v) is 4.23. The van der Waals surface area contributed by atoms with Crippen LogP contribution in [-0.2, 0) is 0 Å². The van der Waals surface area contributed by atoms with E-state index in [9.17, 15) is 4.79 Å². The van der Waals surface area contributed by atoms with Gasteiger partial charge in [0.1, 0.15) is 5.69 Å². The van der Waals surface area contributed by atoms with Crippen molar-refractivity contribution >= 4 is 17.4 Å². The smallest absolute Gasteiger partial charge is 0.273 e. The predicted molar refractivity (Wildman–Crippen MR) is 109 cm³/mol. The van der Waals surface area contributed by atoms with E-state index in [1.54, 1.807) is 0 Å². The van der Waals surface area contributed by atoms with Crippen molar-refractivity contribution in [1.29, 1.82) is 0 Å². The summed E-state index contributed by atoms with van der Waals surface area (Å²) in [6.45, 7) is 5.14. The lowest BCUT2D eigenvalue weighted by atomic mass is 9.96. The first-order chi connectivity index (χ1) is 13.2. The maximum atomic E-state index is 12.7. The zero-order chi connectivity index (χ0) is 18.6. The van der Waals surface area contributed by atoms with Crippen LogP contribution in [0.5, 0.6) is 0 Å². The van der Waals surface area contributed by atoms with E-state index in [0.717, 1.165) is 31.1 Å². The van der Waals surface area contributed by atoms with Gasteiger partial charge in [-0.05, 0) is 35.6 Å². The van der Waals surface area contributed by atoms with Gasteiger partial charge in [-0.15, -0.1) is 0 Å². The van der Waals surface area contributed by atoms with Gasteiger partial charge >= 0.3 is 0 Å². The average molecular weight is 378 g/mol. The number of aryl methyl sites for hydroxylation is 1. The number of carbonyl (C=O) groups is 1. The topological polar surface area (TPSA) is 36.4 Å². The summed E-state index contributed by atoms with van der Waals surface area (Å²) in [5.74, 6) is 0.0509. The summed E-state index contributed by atoms with van der Waals surface area (Å²) in [6, 6.07) is 23.3. The molecule has 0 bridgehead atoms. The molecular formula is C22H23N3OS. The third-order valence-corrected chi connectivity index (χ3v) is 5.74. The predicted octanol–water partition coefficient (Wildman–Crippen LogP) is 4.00. The van der Waals surface area contributed by atoms with Crippen molar-refractivity contribution in [1.82, 2.24) is 14.2 Å². The van der Waals surface area contributed by atoms with E-state index in [1.165, 1.54) is 22.7 Å². The Bertz CT molecular complexity index is 847. The summed E-state index contributed by atoms with van der Waals surface area (Å²) in [4.78, 5) is 18.2. The number of benzene rings is 2. The lowest BCUT2D eigenvalue weighted by Gasteiger charge is -2.39. The first-order valence-electron chi connectivity index (χ1n) is 9.29. The highest BCUT2D eigenvalue weighted by Gasteiger charge is 2.29. The minimum absolute atomic E-state index is 0.0509. The molecule has 138 valence electrons. The fourth-order valence-electron chi connectivity index (χ4n) is 3.70. The Balaban J connectivity index is 1.51. The Morgan fingerprint density at radius 2 is 1.48 bits per heavy atom. The van der Waals surface area contributed by atoms with Gasteiger partial charge in [-0.1, -0.05) is 60.7 Å². The second-order valence-corrected chi connectivity index (χ2v) is 7.88. The lowest BCUT2D eigenvalue weighted by molar-refractivity contribution is 0.0593. The number of hydrogen-bond acceptors (Lipinski definition) is 4. The molecule has 0 aliphatic carbocycles. The minimum Gasteiger partial charge on any atom is -0.335 e. The Labute approximate surface area is 164 Å². The Morgan fingerprint density at radius 3 is 1.96 bits per heavy atom. The summed E-state index contributed by atoms with van der Waals surface area (Å²) in [5.41, 5.74) is 3.16. The molecule has 0 saturated carbocycles. The van der Waals surface area contributed by atoms with Crippen LogP contribution in [0.1, 0.15) is 32.5 Å². The van der Waals surface area contributed by atoms with E-state index in [1.807, 2.05) is 17.9 Å². The Morgan fingerprint density at radius 1 is 0.926 bits per heavy atom. The third kappa shape index (κ3) is 3.94. The zero-order valence-corrected chi connectivity index (χ0v) is 16.2. The highest BCUT2D eigenvalue weighted by molar-refractivity contribution is 7.05. The van der Waals surface area contributed by atoms with Crippen LogP contribution in [0.15, 0.2) is 66.7 Å². The van der Waals surface area contributed by atoms with Crippen LogP contribution in [0.3, 0.4) is 0 Å². The fraction of sp³-hybridized carbons (Fsp3) is 0.273. The Kier molecular flexibility index (Phi) is 5.32. The highest BCUT2D eigenvalue weighted by Crippen LogP contribution is 2.29. The van der Waals surface area contributed by atoms with Crippen molar-refractivity contribution in [2.75, 3.05) is 26.2 Å². The number of amides is 1. The van der Waals surface area contributed by atoms with Crippen LogP contribution in [0, 0.1) is 6.92 Å². The molecule has 27 heavy (non-hydrogen) atoms. The van der Waals surface area contributed by atoms with Gasteiger partial charge in [-0.25, -0.2) is 0 Å².